The fourth-order valence-electron chi connectivity index (χ4n) is 3.38. The van der Waals surface area contributed by atoms with Gasteiger partial charge in [-0.15, -0.1) is 0 Å². The van der Waals surface area contributed by atoms with Gasteiger partial charge in [0.2, 0.25) is 5.78 Å². The third kappa shape index (κ3) is 2.59. The van der Waals surface area contributed by atoms with Crippen LogP contribution in [0.15, 0.2) is 54.1 Å². The van der Waals surface area contributed by atoms with Crippen molar-refractivity contribution in [1.29, 1.82) is 0 Å². The highest BCUT2D eigenvalue weighted by molar-refractivity contribution is 5.77. The molecule has 0 unspecified atom stereocenters. The number of fused-ring (bicyclic) bond motifs is 3. The molecule has 0 atom stereocenters. The number of hydrogen-bond acceptors (Lipinski definition) is 5. The van der Waals surface area contributed by atoms with Crippen molar-refractivity contribution in [3.63, 3.8) is 0 Å². The predicted octanol–water partition coefficient (Wildman–Crippen LogP) is 2.09. The van der Waals surface area contributed by atoms with Crippen molar-refractivity contribution < 1.29 is 0 Å². The van der Waals surface area contributed by atoms with Crippen molar-refractivity contribution in [2.75, 3.05) is 0 Å². The van der Waals surface area contributed by atoms with Gasteiger partial charge in [0, 0.05) is 37.5 Å². The molecule has 0 amide bonds. The first-order chi connectivity index (χ1) is 13.7. The maximum absolute atomic E-state index is 12.9. The number of aromatic nitrogens is 8. The van der Waals surface area contributed by atoms with Crippen molar-refractivity contribution in [1.82, 2.24) is 38.7 Å². The lowest BCUT2D eigenvalue weighted by Gasteiger charge is -2.05. The van der Waals surface area contributed by atoms with E-state index in [4.69, 9.17) is 0 Å². The fourth-order valence-corrected chi connectivity index (χ4v) is 3.38. The Kier molecular flexibility index (Phi) is 3.78. The van der Waals surface area contributed by atoms with E-state index >= 15 is 0 Å². The van der Waals surface area contributed by atoms with E-state index in [1.807, 2.05) is 40.5 Å². The van der Waals surface area contributed by atoms with E-state index in [1.54, 1.807) is 29.4 Å². The molecule has 9 nitrogen and oxygen atoms in total. The summed E-state index contributed by atoms with van der Waals surface area (Å²) in [6, 6.07) is 3.91. The van der Waals surface area contributed by atoms with Gasteiger partial charge in [0.15, 0.2) is 11.2 Å². The summed E-state index contributed by atoms with van der Waals surface area (Å²) in [7, 11) is 0. The molecule has 28 heavy (non-hydrogen) atoms. The monoisotopic (exact) mass is 374 g/mol. The molecule has 0 saturated heterocycles. The molecule has 5 heterocycles. The average molecular weight is 374 g/mol. The van der Waals surface area contributed by atoms with Gasteiger partial charge in [-0.05, 0) is 24.1 Å². The van der Waals surface area contributed by atoms with E-state index < -0.39 is 0 Å². The van der Waals surface area contributed by atoms with Gasteiger partial charge in [-0.25, -0.2) is 9.97 Å². The van der Waals surface area contributed by atoms with Crippen LogP contribution >= 0.6 is 0 Å². The number of aryl methyl sites for hydroxylation is 1. The molecule has 5 aromatic heterocycles. The summed E-state index contributed by atoms with van der Waals surface area (Å²) < 4.78 is 5.35. The number of rotatable bonds is 5. The molecule has 9 heteroatoms. The zero-order valence-corrected chi connectivity index (χ0v) is 15.3. The second-order valence-electron chi connectivity index (χ2n) is 6.62. The Morgan fingerprint density at radius 1 is 1.18 bits per heavy atom. The number of H-pyrrole nitrogens is 1. The number of pyridine rings is 1. The largest absolute Gasteiger partial charge is 0.332 e. The summed E-state index contributed by atoms with van der Waals surface area (Å²) in [5.41, 5.74) is 2.85. The van der Waals surface area contributed by atoms with E-state index in [2.05, 4.69) is 25.0 Å². The molecule has 0 radical (unpaired) electrons. The quantitative estimate of drug-likeness (QED) is 0.508. The summed E-state index contributed by atoms with van der Waals surface area (Å²) in [6.45, 7) is 3.27. The SMILES string of the molecule is CCCn1c(=O)c2[nH]c(-c3cnn(Cc4ccncc4)c3)nc2n2ccnc12. The lowest BCUT2D eigenvalue weighted by molar-refractivity contribution is 0.663. The van der Waals surface area contributed by atoms with Gasteiger partial charge in [0.05, 0.1) is 18.3 Å². The standard InChI is InChI=1S/C19H18N8O/c1-2-8-27-18(28)15-17(26-9-7-21-19(26)27)24-16(23-15)14-10-22-25(12-14)11-13-3-5-20-6-4-13/h3-7,9-10,12H,2,8,11H2,1H3,(H,23,24). The lowest BCUT2D eigenvalue weighted by Crippen LogP contribution is -2.23. The van der Waals surface area contributed by atoms with Crippen molar-refractivity contribution >= 4 is 16.9 Å². The van der Waals surface area contributed by atoms with E-state index in [0.717, 1.165) is 17.5 Å². The molecule has 0 bridgehead atoms. The Bertz CT molecular complexity index is 1320. The topological polar surface area (TPSA) is 98.7 Å². The molecule has 5 rings (SSSR count). The molecular weight excluding hydrogens is 356 g/mol. The summed E-state index contributed by atoms with van der Waals surface area (Å²) in [6.07, 6.45) is 11.5. The second kappa shape index (κ2) is 6.45. The van der Waals surface area contributed by atoms with Crippen LogP contribution in [0.3, 0.4) is 0 Å². The second-order valence-corrected chi connectivity index (χ2v) is 6.62. The summed E-state index contributed by atoms with van der Waals surface area (Å²) >= 11 is 0. The van der Waals surface area contributed by atoms with Gasteiger partial charge in [0.1, 0.15) is 5.82 Å². The van der Waals surface area contributed by atoms with Gasteiger partial charge in [-0.2, -0.15) is 5.10 Å². The highest BCUT2D eigenvalue weighted by atomic mass is 16.1. The highest BCUT2D eigenvalue weighted by Crippen LogP contribution is 2.19. The third-order valence-corrected chi connectivity index (χ3v) is 4.68. The van der Waals surface area contributed by atoms with Crippen LogP contribution in [-0.4, -0.2) is 38.7 Å². The smallest absolute Gasteiger partial charge is 0.280 e. The van der Waals surface area contributed by atoms with Crippen LogP contribution in [0.1, 0.15) is 18.9 Å². The molecule has 0 aromatic carbocycles. The molecule has 5 aromatic rings. The first-order valence-corrected chi connectivity index (χ1v) is 9.12. The minimum absolute atomic E-state index is 0.113. The number of hydrogen-bond donors (Lipinski definition) is 1. The Balaban J connectivity index is 1.59. The van der Waals surface area contributed by atoms with E-state index in [-0.39, 0.29) is 5.56 Å². The van der Waals surface area contributed by atoms with Crippen LogP contribution in [-0.2, 0) is 13.1 Å². The Labute approximate surface area is 159 Å². The molecule has 0 aliphatic heterocycles. The van der Waals surface area contributed by atoms with Crippen LogP contribution in [0.4, 0.5) is 0 Å². The summed E-state index contributed by atoms with van der Waals surface area (Å²) in [4.78, 5) is 29.1. The van der Waals surface area contributed by atoms with Crippen molar-refractivity contribution in [2.24, 2.45) is 0 Å². The normalized spacial score (nSPS) is 11.6. The molecule has 0 fully saturated rings. The van der Waals surface area contributed by atoms with Crippen molar-refractivity contribution in [2.45, 2.75) is 26.4 Å². The predicted molar refractivity (Wildman–Crippen MR) is 104 cm³/mol. The average Bonchev–Trinajstić information content (AvgIpc) is 3.44. The van der Waals surface area contributed by atoms with Crippen LogP contribution in [0.2, 0.25) is 0 Å². The fraction of sp³-hybridized carbons (Fsp3) is 0.211. The lowest BCUT2D eigenvalue weighted by atomic mass is 10.3. The Morgan fingerprint density at radius 2 is 2.04 bits per heavy atom. The maximum atomic E-state index is 12.9. The van der Waals surface area contributed by atoms with Gasteiger partial charge in [-0.1, -0.05) is 6.92 Å². The van der Waals surface area contributed by atoms with Crippen LogP contribution in [0.5, 0.6) is 0 Å². The Morgan fingerprint density at radius 3 is 2.86 bits per heavy atom. The molecule has 140 valence electrons. The van der Waals surface area contributed by atoms with Crippen molar-refractivity contribution in [3.05, 3.63) is 65.2 Å². The molecule has 0 aliphatic carbocycles. The number of nitrogens with one attached hydrogen (secondary N) is 1. The molecule has 0 spiro atoms. The van der Waals surface area contributed by atoms with Gasteiger partial charge in [-0.3, -0.25) is 23.4 Å². The van der Waals surface area contributed by atoms with Crippen molar-refractivity contribution in [3.8, 4) is 11.4 Å². The molecular formula is C19H18N8O. The summed E-state index contributed by atoms with van der Waals surface area (Å²) in [5, 5.41) is 4.41. The number of nitrogens with zero attached hydrogens (tertiary/aromatic N) is 7. The first-order valence-electron chi connectivity index (χ1n) is 9.12. The van der Waals surface area contributed by atoms with Crippen LogP contribution < -0.4 is 5.56 Å². The van der Waals surface area contributed by atoms with E-state index in [1.165, 1.54) is 0 Å². The molecule has 0 aliphatic rings. The third-order valence-electron chi connectivity index (χ3n) is 4.68. The molecule has 1 N–H and O–H groups in total. The minimum atomic E-state index is -0.113. The van der Waals surface area contributed by atoms with Gasteiger partial charge in [0.25, 0.3) is 5.56 Å². The first kappa shape index (κ1) is 16.4. The van der Waals surface area contributed by atoms with Gasteiger partial charge >= 0.3 is 0 Å². The zero-order valence-electron chi connectivity index (χ0n) is 15.3. The summed E-state index contributed by atoms with van der Waals surface area (Å²) in [5.74, 6) is 1.21. The Hall–Kier alpha value is -3.75. The van der Waals surface area contributed by atoms with E-state index in [0.29, 0.717) is 35.9 Å². The van der Waals surface area contributed by atoms with E-state index in [9.17, 15) is 4.79 Å². The highest BCUT2D eigenvalue weighted by Gasteiger charge is 2.17. The zero-order chi connectivity index (χ0) is 19.1. The maximum Gasteiger partial charge on any atom is 0.280 e. The number of imidazole rings is 2. The van der Waals surface area contributed by atoms with Crippen LogP contribution in [0, 0.1) is 0 Å². The minimum Gasteiger partial charge on any atom is -0.332 e. The number of aromatic amines is 1. The van der Waals surface area contributed by atoms with Crippen LogP contribution in [0.25, 0.3) is 28.3 Å². The van der Waals surface area contributed by atoms with Gasteiger partial charge < -0.3 is 4.98 Å². The molecule has 0 saturated carbocycles.